The van der Waals surface area contributed by atoms with Crippen LogP contribution >= 0.6 is 0 Å². The number of halogens is 1. The third-order valence-corrected chi connectivity index (χ3v) is 2.50. The van der Waals surface area contributed by atoms with Crippen molar-refractivity contribution in [2.45, 2.75) is 26.9 Å². The molecule has 0 unspecified atom stereocenters. The van der Waals surface area contributed by atoms with E-state index in [1.54, 1.807) is 0 Å². The molecule has 19 heavy (non-hydrogen) atoms. The van der Waals surface area contributed by atoms with Crippen LogP contribution in [0.1, 0.15) is 36.0 Å². The van der Waals surface area contributed by atoms with Crippen molar-refractivity contribution in [2.24, 2.45) is 0 Å². The van der Waals surface area contributed by atoms with Gasteiger partial charge in [-0.3, -0.25) is 4.79 Å². The Hall–Kier alpha value is -2.24. The summed E-state index contributed by atoms with van der Waals surface area (Å²) >= 11 is 0. The van der Waals surface area contributed by atoms with Crippen LogP contribution in [0, 0.1) is 5.82 Å². The zero-order valence-corrected chi connectivity index (χ0v) is 10.6. The summed E-state index contributed by atoms with van der Waals surface area (Å²) in [5.74, 6) is 0.0389. The number of carbonyl (C=O) groups excluding carboxylic acids is 1. The van der Waals surface area contributed by atoms with Crippen LogP contribution in [0.2, 0.25) is 0 Å². The van der Waals surface area contributed by atoms with Gasteiger partial charge in [-0.1, -0.05) is 6.92 Å². The summed E-state index contributed by atoms with van der Waals surface area (Å²) < 4.78 is 24.1. The van der Waals surface area contributed by atoms with Crippen molar-refractivity contribution in [1.29, 1.82) is 0 Å². The van der Waals surface area contributed by atoms with Crippen LogP contribution in [0.25, 0.3) is 0 Å². The summed E-state index contributed by atoms with van der Waals surface area (Å²) in [5.41, 5.74) is 0.302. The van der Waals surface area contributed by atoms with E-state index in [4.69, 9.17) is 9.15 Å². The van der Waals surface area contributed by atoms with Crippen molar-refractivity contribution in [1.82, 2.24) is 10.2 Å². The van der Waals surface area contributed by atoms with Gasteiger partial charge in [-0.25, -0.2) is 4.39 Å². The topological polar surface area (TPSA) is 65.2 Å². The fourth-order valence-corrected chi connectivity index (χ4v) is 1.47. The van der Waals surface area contributed by atoms with E-state index < -0.39 is 5.82 Å². The molecule has 6 heteroatoms. The monoisotopic (exact) mass is 264 g/mol. The summed E-state index contributed by atoms with van der Waals surface area (Å²) in [4.78, 5) is 11.1. The second-order valence-electron chi connectivity index (χ2n) is 3.93. The number of aromatic nitrogens is 2. The van der Waals surface area contributed by atoms with E-state index in [0.717, 1.165) is 6.07 Å². The minimum Gasteiger partial charge on any atom is -0.481 e. The van der Waals surface area contributed by atoms with Gasteiger partial charge in [0.15, 0.2) is 24.0 Å². The first-order valence-electron chi connectivity index (χ1n) is 5.84. The Morgan fingerprint density at radius 3 is 2.68 bits per heavy atom. The van der Waals surface area contributed by atoms with Crippen LogP contribution in [-0.4, -0.2) is 16.0 Å². The Kier molecular flexibility index (Phi) is 3.89. The van der Waals surface area contributed by atoms with Crippen LogP contribution in [0.5, 0.6) is 5.75 Å². The van der Waals surface area contributed by atoms with Gasteiger partial charge in [-0.05, 0) is 25.1 Å². The number of nitrogens with zero attached hydrogens (tertiary/aromatic N) is 2. The maximum Gasteiger partial charge on any atom is 0.253 e. The predicted octanol–water partition coefficient (Wildman–Crippen LogP) is 2.55. The average Bonchev–Trinajstić information content (AvgIpc) is 2.85. The molecule has 2 aromatic rings. The lowest BCUT2D eigenvalue weighted by atomic mass is 10.1. The molecule has 0 aliphatic carbocycles. The van der Waals surface area contributed by atoms with Crippen molar-refractivity contribution in [3.8, 4) is 5.75 Å². The molecule has 0 radical (unpaired) electrons. The van der Waals surface area contributed by atoms with Gasteiger partial charge in [-0.15, -0.1) is 10.2 Å². The molecule has 0 saturated carbocycles. The van der Waals surface area contributed by atoms with E-state index in [9.17, 15) is 9.18 Å². The van der Waals surface area contributed by atoms with Gasteiger partial charge in [0.05, 0.1) is 0 Å². The molecule has 2 rings (SSSR count). The number of aryl methyl sites for hydroxylation is 1. The van der Waals surface area contributed by atoms with E-state index in [1.807, 2.05) is 6.92 Å². The summed E-state index contributed by atoms with van der Waals surface area (Å²) in [6, 6.07) is 4.05. The van der Waals surface area contributed by atoms with E-state index in [2.05, 4.69) is 10.2 Å². The minimum atomic E-state index is -0.595. The standard InChI is InChI=1S/C13H13FN2O3/c1-3-12-15-16-13(19-12)7-18-11-5-4-9(8(2)17)6-10(11)14/h4-6H,3,7H2,1-2H3. The number of ether oxygens (including phenoxy) is 1. The normalized spacial score (nSPS) is 10.5. The van der Waals surface area contributed by atoms with E-state index in [1.165, 1.54) is 19.1 Å². The SMILES string of the molecule is CCc1nnc(COc2ccc(C(C)=O)cc2F)o1. The second kappa shape index (κ2) is 5.60. The number of ketones is 1. The maximum absolute atomic E-state index is 13.6. The van der Waals surface area contributed by atoms with Gasteiger partial charge in [0.2, 0.25) is 5.89 Å². The first-order valence-corrected chi connectivity index (χ1v) is 5.84. The molecule has 0 amide bonds. The molecule has 0 aliphatic rings. The molecule has 0 spiro atoms. The molecule has 1 aromatic carbocycles. The summed E-state index contributed by atoms with van der Waals surface area (Å²) in [7, 11) is 0. The van der Waals surface area contributed by atoms with Crippen LogP contribution in [-0.2, 0) is 13.0 Å². The molecule has 0 aliphatic heterocycles. The first kappa shape index (κ1) is 13.2. The van der Waals surface area contributed by atoms with Gasteiger partial charge >= 0.3 is 0 Å². The van der Waals surface area contributed by atoms with Crippen LogP contribution in [0.15, 0.2) is 22.6 Å². The molecule has 1 heterocycles. The van der Waals surface area contributed by atoms with Crippen molar-refractivity contribution in [2.75, 3.05) is 0 Å². The quantitative estimate of drug-likeness (QED) is 0.776. The van der Waals surface area contributed by atoms with Gasteiger partial charge in [0.1, 0.15) is 0 Å². The minimum absolute atomic E-state index is 0.0106. The fourth-order valence-electron chi connectivity index (χ4n) is 1.47. The fraction of sp³-hybridized carbons (Fsp3) is 0.308. The third kappa shape index (κ3) is 3.15. The Balaban J connectivity index is 2.05. The van der Waals surface area contributed by atoms with E-state index in [0.29, 0.717) is 17.9 Å². The van der Waals surface area contributed by atoms with Crippen molar-refractivity contribution >= 4 is 5.78 Å². The highest BCUT2D eigenvalue weighted by Gasteiger charge is 2.10. The average molecular weight is 264 g/mol. The van der Waals surface area contributed by atoms with E-state index in [-0.39, 0.29) is 24.0 Å². The Bertz CT molecular complexity index is 595. The van der Waals surface area contributed by atoms with Gasteiger partial charge in [0.25, 0.3) is 5.89 Å². The number of rotatable bonds is 5. The summed E-state index contributed by atoms with van der Waals surface area (Å²) in [6.45, 7) is 3.25. The van der Waals surface area contributed by atoms with E-state index >= 15 is 0 Å². The first-order chi connectivity index (χ1) is 9.10. The molecule has 0 N–H and O–H groups in total. The van der Waals surface area contributed by atoms with Crippen molar-refractivity contribution < 1.29 is 18.3 Å². The van der Waals surface area contributed by atoms with Crippen LogP contribution in [0.4, 0.5) is 4.39 Å². The highest BCUT2D eigenvalue weighted by atomic mass is 19.1. The van der Waals surface area contributed by atoms with Crippen LogP contribution in [0.3, 0.4) is 0 Å². The lowest BCUT2D eigenvalue weighted by Crippen LogP contribution is -2.00. The third-order valence-electron chi connectivity index (χ3n) is 2.50. The summed E-state index contributed by atoms with van der Waals surface area (Å²) in [6.07, 6.45) is 0.634. The zero-order chi connectivity index (χ0) is 13.8. The van der Waals surface area contributed by atoms with Gasteiger partial charge < -0.3 is 9.15 Å². The Morgan fingerprint density at radius 1 is 1.37 bits per heavy atom. The second-order valence-corrected chi connectivity index (χ2v) is 3.93. The molecule has 0 atom stereocenters. The molecule has 5 nitrogen and oxygen atoms in total. The number of hydrogen-bond donors (Lipinski definition) is 0. The number of benzene rings is 1. The number of carbonyl (C=O) groups is 1. The van der Waals surface area contributed by atoms with Gasteiger partial charge in [-0.2, -0.15) is 0 Å². The lowest BCUT2D eigenvalue weighted by molar-refractivity contribution is 0.101. The summed E-state index contributed by atoms with van der Waals surface area (Å²) in [5, 5.41) is 7.53. The largest absolute Gasteiger partial charge is 0.481 e. The number of Topliss-reactive ketones (excluding diaryl/α,β-unsaturated/α-hetero) is 1. The Morgan fingerprint density at radius 2 is 2.11 bits per heavy atom. The smallest absolute Gasteiger partial charge is 0.253 e. The van der Waals surface area contributed by atoms with Crippen LogP contribution < -0.4 is 4.74 Å². The molecule has 0 bridgehead atoms. The highest BCUT2D eigenvalue weighted by molar-refractivity contribution is 5.94. The molecule has 0 saturated heterocycles. The maximum atomic E-state index is 13.6. The molecule has 0 fully saturated rings. The molecular weight excluding hydrogens is 251 g/mol. The van der Waals surface area contributed by atoms with Crippen molar-refractivity contribution in [3.63, 3.8) is 0 Å². The molecule has 100 valence electrons. The lowest BCUT2D eigenvalue weighted by Gasteiger charge is -2.05. The molecule has 1 aromatic heterocycles. The van der Waals surface area contributed by atoms with Crippen molar-refractivity contribution in [3.05, 3.63) is 41.4 Å². The zero-order valence-electron chi connectivity index (χ0n) is 10.6. The van der Waals surface area contributed by atoms with Gasteiger partial charge in [0, 0.05) is 12.0 Å². The Labute approximate surface area is 109 Å². The number of hydrogen-bond acceptors (Lipinski definition) is 5. The highest BCUT2D eigenvalue weighted by Crippen LogP contribution is 2.19. The molecular formula is C13H13FN2O3. The predicted molar refractivity (Wildman–Crippen MR) is 64.4 cm³/mol.